The van der Waals surface area contributed by atoms with Gasteiger partial charge in [0.1, 0.15) is 0 Å². The first-order valence-corrected chi connectivity index (χ1v) is 7.89. The summed E-state index contributed by atoms with van der Waals surface area (Å²) in [5.41, 5.74) is 7.49. The van der Waals surface area contributed by atoms with E-state index < -0.39 is 0 Å². The van der Waals surface area contributed by atoms with E-state index in [2.05, 4.69) is 33.0 Å². The molecule has 110 valence electrons. The number of nitrogens with zero attached hydrogens (tertiary/aromatic N) is 2. The Bertz CT molecular complexity index is 484. The maximum absolute atomic E-state index is 8.74. The molecule has 0 amide bonds. The lowest BCUT2D eigenvalue weighted by Gasteiger charge is -2.28. The Labute approximate surface area is 128 Å². The molecule has 0 radical (unpaired) electrons. The van der Waals surface area contributed by atoms with Crippen molar-refractivity contribution in [2.24, 2.45) is 16.8 Å². The van der Waals surface area contributed by atoms with Crippen molar-refractivity contribution in [1.29, 1.82) is 0 Å². The Morgan fingerprint density at radius 3 is 2.70 bits per heavy atom. The molecule has 0 spiro atoms. The molecule has 1 aliphatic rings. The van der Waals surface area contributed by atoms with Gasteiger partial charge in [0.15, 0.2) is 5.84 Å². The fraction of sp³-hybridized carbons (Fsp3) is 0.533. The summed E-state index contributed by atoms with van der Waals surface area (Å²) < 4.78 is 0.848. The van der Waals surface area contributed by atoms with E-state index in [1.807, 2.05) is 18.2 Å². The SMILES string of the molecule is CN(CC1CCCCC1)c1ccc(/C(N)=N/O)c(Br)c1. The summed E-state index contributed by atoms with van der Waals surface area (Å²) in [6.45, 7) is 1.09. The normalized spacial score (nSPS) is 17.2. The van der Waals surface area contributed by atoms with E-state index in [9.17, 15) is 0 Å². The molecule has 3 N–H and O–H groups in total. The number of anilines is 1. The van der Waals surface area contributed by atoms with Crippen molar-refractivity contribution in [3.63, 3.8) is 0 Å². The molecular weight excluding hydrogens is 318 g/mol. The van der Waals surface area contributed by atoms with E-state index in [0.717, 1.165) is 22.6 Å². The summed E-state index contributed by atoms with van der Waals surface area (Å²) in [5.74, 6) is 0.926. The van der Waals surface area contributed by atoms with Crippen LogP contribution in [0.3, 0.4) is 0 Å². The van der Waals surface area contributed by atoms with Gasteiger partial charge in [-0.3, -0.25) is 0 Å². The number of hydrogen-bond acceptors (Lipinski definition) is 3. The van der Waals surface area contributed by atoms with Gasteiger partial charge < -0.3 is 15.8 Å². The standard InChI is InChI=1S/C15H22BrN3O/c1-19(10-11-5-3-2-4-6-11)12-7-8-13(14(16)9-12)15(17)18-20/h7-9,11,20H,2-6,10H2,1H3,(H2,17,18). The molecule has 1 aliphatic carbocycles. The Balaban J connectivity index is 2.06. The average Bonchev–Trinajstić information content (AvgIpc) is 2.47. The molecule has 1 fully saturated rings. The van der Waals surface area contributed by atoms with Crippen molar-refractivity contribution >= 4 is 27.5 Å². The first-order chi connectivity index (χ1) is 9.61. The van der Waals surface area contributed by atoms with E-state index in [-0.39, 0.29) is 5.84 Å². The van der Waals surface area contributed by atoms with Crippen LogP contribution in [0.15, 0.2) is 27.8 Å². The van der Waals surface area contributed by atoms with E-state index in [0.29, 0.717) is 5.56 Å². The van der Waals surface area contributed by atoms with Gasteiger partial charge in [-0.05, 0) is 52.9 Å². The highest BCUT2D eigenvalue weighted by molar-refractivity contribution is 9.10. The van der Waals surface area contributed by atoms with Gasteiger partial charge in [-0.1, -0.05) is 24.4 Å². The van der Waals surface area contributed by atoms with Crippen LogP contribution in [0.1, 0.15) is 37.7 Å². The van der Waals surface area contributed by atoms with Gasteiger partial charge in [-0.2, -0.15) is 0 Å². The van der Waals surface area contributed by atoms with Gasteiger partial charge in [0.2, 0.25) is 0 Å². The van der Waals surface area contributed by atoms with Crippen LogP contribution in [0.4, 0.5) is 5.69 Å². The topological polar surface area (TPSA) is 61.8 Å². The van der Waals surface area contributed by atoms with Crippen molar-refractivity contribution in [1.82, 2.24) is 0 Å². The smallest absolute Gasteiger partial charge is 0.171 e. The van der Waals surface area contributed by atoms with Crippen LogP contribution in [0.5, 0.6) is 0 Å². The van der Waals surface area contributed by atoms with Crippen LogP contribution >= 0.6 is 15.9 Å². The van der Waals surface area contributed by atoms with Gasteiger partial charge in [0.05, 0.1) is 0 Å². The highest BCUT2D eigenvalue weighted by atomic mass is 79.9. The number of benzene rings is 1. The molecule has 1 saturated carbocycles. The number of rotatable bonds is 4. The van der Waals surface area contributed by atoms with E-state index in [4.69, 9.17) is 10.9 Å². The van der Waals surface area contributed by atoms with E-state index >= 15 is 0 Å². The zero-order valence-electron chi connectivity index (χ0n) is 11.8. The highest BCUT2D eigenvalue weighted by Crippen LogP contribution is 2.28. The zero-order valence-corrected chi connectivity index (χ0v) is 13.4. The fourth-order valence-corrected chi connectivity index (χ4v) is 3.44. The number of halogens is 1. The summed E-state index contributed by atoms with van der Waals surface area (Å²) in [7, 11) is 2.12. The molecule has 0 aliphatic heterocycles. The summed E-state index contributed by atoms with van der Waals surface area (Å²) in [6, 6.07) is 5.92. The molecule has 5 heteroatoms. The Kier molecular flexibility index (Phi) is 5.29. The molecule has 1 aromatic rings. The first-order valence-electron chi connectivity index (χ1n) is 7.10. The number of oxime groups is 1. The van der Waals surface area contributed by atoms with Gasteiger partial charge in [0, 0.05) is 29.3 Å². The summed E-state index contributed by atoms with van der Waals surface area (Å²) in [4.78, 5) is 2.29. The van der Waals surface area contributed by atoms with Crippen LogP contribution in [-0.4, -0.2) is 24.6 Å². The van der Waals surface area contributed by atoms with Crippen molar-refractivity contribution in [3.8, 4) is 0 Å². The summed E-state index contributed by atoms with van der Waals surface area (Å²) in [5, 5.41) is 11.8. The minimum absolute atomic E-state index is 0.123. The van der Waals surface area contributed by atoms with E-state index in [1.54, 1.807) is 0 Å². The van der Waals surface area contributed by atoms with Crippen molar-refractivity contribution in [3.05, 3.63) is 28.2 Å². The summed E-state index contributed by atoms with van der Waals surface area (Å²) in [6.07, 6.45) is 6.80. The largest absolute Gasteiger partial charge is 0.409 e. The third-order valence-corrected chi connectivity index (χ3v) is 4.69. The van der Waals surface area contributed by atoms with Gasteiger partial charge in [-0.25, -0.2) is 0 Å². The Morgan fingerprint density at radius 1 is 1.40 bits per heavy atom. The fourth-order valence-electron chi connectivity index (χ4n) is 2.87. The maximum Gasteiger partial charge on any atom is 0.171 e. The second kappa shape index (κ2) is 6.97. The van der Waals surface area contributed by atoms with Crippen LogP contribution < -0.4 is 10.6 Å². The highest BCUT2D eigenvalue weighted by Gasteiger charge is 2.16. The van der Waals surface area contributed by atoms with Crippen molar-refractivity contribution in [2.45, 2.75) is 32.1 Å². The Hall–Kier alpha value is -1.23. The number of amidine groups is 1. The third kappa shape index (κ3) is 3.66. The molecule has 0 unspecified atom stereocenters. The zero-order chi connectivity index (χ0) is 14.5. The Morgan fingerprint density at radius 2 is 2.10 bits per heavy atom. The minimum atomic E-state index is 0.123. The molecular formula is C15H22BrN3O. The minimum Gasteiger partial charge on any atom is -0.409 e. The monoisotopic (exact) mass is 339 g/mol. The molecule has 20 heavy (non-hydrogen) atoms. The lowest BCUT2D eigenvalue weighted by Crippen LogP contribution is -2.27. The van der Waals surface area contributed by atoms with Crippen LogP contribution in [0.25, 0.3) is 0 Å². The van der Waals surface area contributed by atoms with E-state index in [1.165, 1.54) is 32.1 Å². The average molecular weight is 340 g/mol. The quantitative estimate of drug-likeness (QED) is 0.381. The second-order valence-electron chi connectivity index (χ2n) is 5.53. The predicted octanol–water partition coefficient (Wildman–Crippen LogP) is 3.56. The van der Waals surface area contributed by atoms with Gasteiger partial charge >= 0.3 is 0 Å². The predicted molar refractivity (Wildman–Crippen MR) is 86.5 cm³/mol. The molecule has 2 rings (SSSR count). The van der Waals surface area contributed by atoms with Crippen molar-refractivity contribution in [2.75, 3.05) is 18.5 Å². The molecule has 0 aromatic heterocycles. The van der Waals surface area contributed by atoms with Crippen LogP contribution in [-0.2, 0) is 0 Å². The lowest BCUT2D eigenvalue weighted by molar-refractivity contribution is 0.318. The second-order valence-corrected chi connectivity index (χ2v) is 6.39. The van der Waals surface area contributed by atoms with Gasteiger partial charge in [0.25, 0.3) is 0 Å². The third-order valence-electron chi connectivity index (χ3n) is 4.03. The first kappa shape index (κ1) is 15.2. The molecule has 0 heterocycles. The molecule has 0 saturated heterocycles. The van der Waals surface area contributed by atoms with Crippen LogP contribution in [0.2, 0.25) is 0 Å². The van der Waals surface area contributed by atoms with Crippen LogP contribution in [0, 0.1) is 5.92 Å². The molecule has 0 bridgehead atoms. The van der Waals surface area contributed by atoms with Gasteiger partial charge in [-0.15, -0.1) is 0 Å². The van der Waals surface area contributed by atoms with Crippen molar-refractivity contribution < 1.29 is 5.21 Å². The maximum atomic E-state index is 8.74. The lowest BCUT2D eigenvalue weighted by atomic mass is 9.89. The summed E-state index contributed by atoms with van der Waals surface area (Å²) >= 11 is 3.48. The molecule has 0 atom stereocenters. The molecule has 4 nitrogen and oxygen atoms in total. The molecule has 1 aromatic carbocycles. The number of hydrogen-bond donors (Lipinski definition) is 2. The number of nitrogens with two attached hydrogens (primary N) is 1.